The maximum Gasteiger partial charge on any atom is 0.253 e. The van der Waals surface area contributed by atoms with Gasteiger partial charge < -0.3 is 4.74 Å². The Kier molecular flexibility index (Phi) is 5.80. The van der Waals surface area contributed by atoms with Crippen LogP contribution in [0, 0.1) is 6.92 Å². The molecule has 0 aliphatic carbocycles. The van der Waals surface area contributed by atoms with Crippen molar-refractivity contribution in [2.24, 2.45) is 0 Å². The van der Waals surface area contributed by atoms with Crippen LogP contribution in [0.5, 0.6) is 5.75 Å². The Morgan fingerprint density at radius 2 is 1.88 bits per heavy atom. The van der Waals surface area contributed by atoms with E-state index in [0.717, 1.165) is 29.7 Å². The fourth-order valence-corrected chi connectivity index (χ4v) is 3.08. The Balaban J connectivity index is 2.04. The molecule has 0 aliphatic heterocycles. The van der Waals surface area contributed by atoms with Crippen LogP contribution in [0.2, 0.25) is 5.02 Å². The number of rotatable bonds is 6. The minimum Gasteiger partial charge on any atom is -0.494 e. The summed E-state index contributed by atoms with van der Waals surface area (Å²) in [5, 5.41) is 0.796. The first-order valence-corrected chi connectivity index (χ1v) is 9.29. The molecule has 5 heteroatoms. The van der Waals surface area contributed by atoms with Crippen LogP contribution in [-0.2, 0) is 0 Å². The quantitative estimate of drug-likeness (QED) is 0.361. The molecule has 0 bridgehead atoms. The summed E-state index contributed by atoms with van der Waals surface area (Å²) in [7, 11) is 0. The van der Waals surface area contributed by atoms with Gasteiger partial charge in [-0.1, -0.05) is 31.0 Å². The molecular formula is C21H19Cl2NO2. The maximum atomic E-state index is 11.9. The van der Waals surface area contributed by atoms with Gasteiger partial charge in [0.1, 0.15) is 5.75 Å². The van der Waals surface area contributed by atoms with Gasteiger partial charge in [-0.3, -0.25) is 4.79 Å². The number of ether oxygens (including phenoxy) is 1. The van der Waals surface area contributed by atoms with Crippen LogP contribution in [-0.4, -0.2) is 16.8 Å². The molecule has 0 spiro atoms. The molecule has 134 valence electrons. The molecule has 3 rings (SSSR count). The molecule has 0 saturated heterocycles. The van der Waals surface area contributed by atoms with Gasteiger partial charge in [-0.2, -0.15) is 0 Å². The van der Waals surface area contributed by atoms with Crippen molar-refractivity contribution in [2.45, 2.75) is 26.7 Å². The Hall–Kier alpha value is -2.10. The fourth-order valence-electron chi connectivity index (χ4n) is 2.77. The number of aryl methyl sites for hydroxylation is 1. The molecule has 0 amide bonds. The molecule has 0 saturated carbocycles. The van der Waals surface area contributed by atoms with Gasteiger partial charge >= 0.3 is 0 Å². The summed E-state index contributed by atoms with van der Waals surface area (Å²) in [4.78, 5) is 16.6. The lowest BCUT2D eigenvalue weighted by Crippen LogP contribution is -1.98. The van der Waals surface area contributed by atoms with E-state index in [0.29, 0.717) is 33.8 Å². The number of hydrogen-bond acceptors (Lipinski definition) is 3. The summed E-state index contributed by atoms with van der Waals surface area (Å²) >= 11 is 12.0. The molecule has 0 atom stereocenters. The van der Waals surface area contributed by atoms with E-state index in [1.165, 1.54) is 0 Å². The van der Waals surface area contributed by atoms with Crippen LogP contribution in [0.3, 0.4) is 0 Å². The molecule has 0 radical (unpaired) electrons. The summed E-state index contributed by atoms with van der Waals surface area (Å²) in [6.45, 7) is 4.71. The molecular weight excluding hydrogens is 369 g/mol. The van der Waals surface area contributed by atoms with E-state index in [-0.39, 0.29) is 0 Å². The lowest BCUT2D eigenvalue weighted by atomic mass is 10.0. The van der Waals surface area contributed by atoms with Crippen LogP contribution < -0.4 is 4.74 Å². The van der Waals surface area contributed by atoms with Crippen LogP contribution >= 0.6 is 23.2 Å². The standard InChI is InChI=1S/C21H19Cl2NO2/c1-3-4-11-26-15-7-5-14(6-8-15)19-12-17(21(23)25)16-9-10-18(22)13(2)20(16)24-19/h5-10,12H,3-4,11H2,1-2H3. The number of unbranched alkanes of at least 4 members (excludes halogenated alkanes) is 1. The minimum atomic E-state index is -0.514. The minimum absolute atomic E-state index is 0.426. The maximum absolute atomic E-state index is 11.9. The molecule has 0 N–H and O–H groups in total. The number of carbonyl (C=O) groups is 1. The van der Waals surface area contributed by atoms with Crippen molar-refractivity contribution in [1.82, 2.24) is 4.98 Å². The summed E-state index contributed by atoms with van der Waals surface area (Å²) in [5.74, 6) is 0.816. The monoisotopic (exact) mass is 387 g/mol. The van der Waals surface area contributed by atoms with E-state index >= 15 is 0 Å². The number of benzene rings is 2. The molecule has 2 aromatic carbocycles. The predicted molar refractivity (Wildman–Crippen MR) is 108 cm³/mol. The second-order valence-electron chi connectivity index (χ2n) is 6.12. The fraction of sp³-hybridized carbons (Fsp3) is 0.238. The topological polar surface area (TPSA) is 39.2 Å². The van der Waals surface area contributed by atoms with E-state index in [1.54, 1.807) is 18.2 Å². The number of halogens is 2. The van der Waals surface area contributed by atoms with Gasteiger partial charge in [0.25, 0.3) is 5.24 Å². The molecule has 0 fully saturated rings. The zero-order valence-electron chi connectivity index (χ0n) is 14.7. The van der Waals surface area contributed by atoms with Crippen LogP contribution in [0.15, 0.2) is 42.5 Å². The van der Waals surface area contributed by atoms with Crippen LogP contribution in [0.25, 0.3) is 22.2 Å². The molecule has 0 aliphatic rings. The number of hydrogen-bond donors (Lipinski definition) is 0. The van der Waals surface area contributed by atoms with Gasteiger partial charge in [0, 0.05) is 21.5 Å². The van der Waals surface area contributed by atoms with Gasteiger partial charge in [-0.15, -0.1) is 0 Å². The Morgan fingerprint density at radius 3 is 2.54 bits per heavy atom. The lowest BCUT2D eigenvalue weighted by molar-refractivity contribution is 0.108. The highest BCUT2D eigenvalue weighted by atomic mass is 35.5. The third kappa shape index (κ3) is 3.84. The molecule has 1 heterocycles. The highest BCUT2D eigenvalue weighted by molar-refractivity contribution is 6.68. The largest absolute Gasteiger partial charge is 0.494 e. The number of fused-ring (bicyclic) bond motifs is 1. The summed E-state index contributed by atoms with van der Waals surface area (Å²) in [6.07, 6.45) is 2.12. The zero-order chi connectivity index (χ0) is 18.7. The highest BCUT2D eigenvalue weighted by Gasteiger charge is 2.15. The van der Waals surface area contributed by atoms with E-state index in [9.17, 15) is 4.79 Å². The van der Waals surface area contributed by atoms with E-state index in [1.807, 2.05) is 31.2 Å². The SMILES string of the molecule is CCCCOc1ccc(-c2cc(C(=O)Cl)c3ccc(Cl)c(C)c3n2)cc1. The van der Waals surface area contributed by atoms with Crippen molar-refractivity contribution in [3.8, 4) is 17.0 Å². The van der Waals surface area contributed by atoms with Gasteiger partial charge in [-0.05, 0) is 66.9 Å². The average Bonchev–Trinajstić information content (AvgIpc) is 2.65. The summed E-state index contributed by atoms with van der Waals surface area (Å²) in [5.41, 5.74) is 3.49. The van der Waals surface area contributed by atoms with Crippen molar-refractivity contribution in [3.05, 3.63) is 58.6 Å². The molecule has 1 aromatic heterocycles. The zero-order valence-corrected chi connectivity index (χ0v) is 16.2. The first-order valence-electron chi connectivity index (χ1n) is 8.54. The van der Waals surface area contributed by atoms with Crippen molar-refractivity contribution in [3.63, 3.8) is 0 Å². The van der Waals surface area contributed by atoms with Crippen LogP contribution in [0.1, 0.15) is 35.7 Å². The van der Waals surface area contributed by atoms with Crippen molar-refractivity contribution < 1.29 is 9.53 Å². The van der Waals surface area contributed by atoms with E-state index in [4.69, 9.17) is 32.9 Å². The van der Waals surface area contributed by atoms with Gasteiger partial charge in [0.05, 0.1) is 17.8 Å². The van der Waals surface area contributed by atoms with Crippen molar-refractivity contribution in [1.29, 1.82) is 0 Å². The van der Waals surface area contributed by atoms with E-state index < -0.39 is 5.24 Å². The van der Waals surface area contributed by atoms with E-state index in [2.05, 4.69) is 6.92 Å². The predicted octanol–water partition coefficient (Wildman–Crippen LogP) is 6.42. The molecule has 26 heavy (non-hydrogen) atoms. The third-order valence-electron chi connectivity index (χ3n) is 4.30. The number of aromatic nitrogens is 1. The Labute approximate surface area is 162 Å². The Bertz CT molecular complexity index is 952. The summed E-state index contributed by atoms with van der Waals surface area (Å²) < 4.78 is 5.69. The van der Waals surface area contributed by atoms with Gasteiger partial charge in [-0.25, -0.2) is 4.98 Å². The normalized spacial score (nSPS) is 10.9. The second kappa shape index (κ2) is 8.07. The highest BCUT2D eigenvalue weighted by Crippen LogP contribution is 2.31. The van der Waals surface area contributed by atoms with Crippen molar-refractivity contribution in [2.75, 3.05) is 6.61 Å². The molecule has 3 aromatic rings. The number of nitrogens with zero attached hydrogens (tertiary/aromatic N) is 1. The smallest absolute Gasteiger partial charge is 0.253 e. The number of carbonyl (C=O) groups excluding carboxylic acids is 1. The van der Waals surface area contributed by atoms with Crippen LogP contribution in [0.4, 0.5) is 0 Å². The first-order chi connectivity index (χ1) is 12.5. The lowest BCUT2D eigenvalue weighted by Gasteiger charge is -2.11. The molecule has 3 nitrogen and oxygen atoms in total. The molecule has 0 unspecified atom stereocenters. The van der Waals surface area contributed by atoms with Crippen molar-refractivity contribution >= 4 is 39.3 Å². The number of pyridine rings is 1. The van der Waals surface area contributed by atoms with Gasteiger partial charge in [0.2, 0.25) is 0 Å². The first kappa shape index (κ1) is 18.7. The second-order valence-corrected chi connectivity index (χ2v) is 6.87. The Morgan fingerprint density at radius 1 is 1.15 bits per heavy atom. The van der Waals surface area contributed by atoms with Gasteiger partial charge in [0.15, 0.2) is 0 Å². The summed E-state index contributed by atoms with van der Waals surface area (Å²) in [6, 6.07) is 12.9. The average molecular weight is 388 g/mol. The third-order valence-corrected chi connectivity index (χ3v) is 4.91.